The number of hydrogen-bond donors (Lipinski definition) is 1. The van der Waals surface area contributed by atoms with Crippen molar-refractivity contribution < 1.29 is 4.79 Å². The summed E-state index contributed by atoms with van der Waals surface area (Å²) in [7, 11) is 0. The van der Waals surface area contributed by atoms with Crippen molar-refractivity contribution in [3.8, 4) is 0 Å². The van der Waals surface area contributed by atoms with E-state index in [2.05, 4.69) is 40.9 Å². The molecule has 2 rings (SSSR count). The molecule has 0 saturated carbocycles. The zero-order chi connectivity index (χ0) is 16.5. The number of rotatable bonds is 9. The van der Waals surface area contributed by atoms with Crippen molar-refractivity contribution in [2.45, 2.75) is 58.9 Å². The summed E-state index contributed by atoms with van der Waals surface area (Å²) in [5.74, 6) is 1.16. The zero-order valence-electron chi connectivity index (χ0n) is 14.7. The number of hydrogen-bond acceptors (Lipinski definition) is 3. The van der Waals surface area contributed by atoms with Crippen molar-refractivity contribution in [1.82, 2.24) is 10.2 Å². The summed E-state index contributed by atoms with van der Waals surface area (Å²) >= 11 is 1.76. The number of nitrogens with one attached hydrogen (secondary N) is 1. The summed E-state index contributed by atoms with van der Waals surface area (Å²) in [6, 6.07) is 2.20. The molecule has 1 unspecified atom stereocenters. The molecular weight excluding hydrogens is 304 g/mol. The van der Waals surface area contributed by atoms with Crippen LogP contribution in [0.25, 0.3) is 0 Å². The van der Waals surface area contributed by atoms with Gasteiger partial charge in [0.25, 0.3) is 0 Å². The Morgan fingerprint density at radius 3 is 2.78 bits per heavy atom. The third-order valence-electron chi connectivity index (χ3n) is 5.05. The van der Waals surface area contributed by atoms with Crippen LogP contribution < -0.4 is 5.32 Å². The molecule has 0 aliphatic carbocycles. The lowest BCUT2D eigenvalue weighted by atomic mass is 9.94. The number of piperidine rings is 1. The minimum atomic E-state index is 0.220. The summed E-state index contributed by atoms with van der Waals surface area (Å²) in [5.41, 5.74) is 1.40. The lowest BCUT2D eigenvalue weighted by Gasteiger charge is -2.31. The molecule has 130 valence electrons. The second-order valence-electron chi connectivity index (χ2n) is 6.84. The minimum Gasteiger partial charge on any atom is -0.356 e. The number of unbranched alkanes of at least 4 members (excludes halogenated alkanes) is 1. The summed E-state index contributed by atoms with van der Waals surface area (Å²) < 4.78 is 0. The lowest BCUT2D eigenvalue weighted by Crippen LogP contribution is -2.41. The van der Waals surface area contributed by atoms with E-state index in [1.54, 1.807) is 11.3 Å². The Kier molecular flexibility index (Phi) is 8.10. The molecule has 1 N–H and O–H groups in total. The first-order chi connectivity index (χ1) is 11.2. The molecule has 0 aromatic carbocycles. The first-order valence-corrected chi connectivity index (χ1v) is 10.2. The van der Waals surface area contributed by atoms with Crippen LogP contribution in [-0.4, -0.2) is 30.4 Å². The SMILES string of the molecule is CCCCC(CC)CNC(=O)C1CCN(Cc2ccsc2)CC1. The molecule has 1 aliphatic rings. The summed E-state index contributed by atoms with van der Waals surface area (Å²) in [4.78, 5) is 14.9. The lowest BCUT2D eigenvalue weighted by molar-refractivity contribution is -0.126. The number of amides is 1. The molecule has 1 aromatic heterocycles. The maximum Gasteiger partial charge on any atom is 0.223 e. The Hall–Kier alpha value is -0.870. The van der Waals surface area contributed by atoms with Gasteiger partial charge in [0.1, 0.15) is 0 Å². The number of carbonyl (C=O) groups is 1. The largest absolute Gasteiger partial charge is 0.356 e. The molecule has 1 atom stereocenters. The van der Waals surface area contributed by atoms with Crippen molar-refractivity contribution >= 4 is 17.2 Å². The fourth-order valence-electron chi connectivity index (χ4n) is 3.33. The second-order valence-corrected chi connectivity index (χ2v) is 7.62. The van der Waals surface area contributed by atoms with Gasteiger partial charge < -0.3 is 5.32 Å². The van der Waals surface area contributed by atoms with Crippen LogP contribution in [0.5, 0.6) is 0 Å². The first kappa shape index (κ1) is 18.5. The fourth-order valence-corrected chi connectivity index (χ4v) is 3.99. The normalized spacial score (nSPS) is 18.0. The molecule has 1 aliphatic heterocycles. The number of carbonyl (C=O) groups excluding carboxylic acids is 1. The van der Waals surface area contributed by atoms with Crippen molar-refractivity contribution in [2.24, 2.45) is 11.8 Å². The van der Waals surface area contributed by atoms with E-state index in [0.717, 1.165) is 39.0 Å². The molecular formula is C19H32N2OS. The average molecular weight is 337 g/mol. The van der Waals surface area contributed by atoms with Gasteiger partial charge in [-0.2, -0.15) is 11.3 Å². The Labute approximate surface area is 145 Å². The zero-order valence-corrected chi connectivity index (χ0v) is 15.5. The molecule has 1 aromatic rings. The standard InChI is InChI=1S/C19H32N2OS/c1-3-5-6-16(4-2)13-20-19(22)18-7-10-21(11-8-18)14-17-9-12-23-15-17/h9,12,15-16,18H,3-8,10-11,13-14H2,1-2H3,(H,20,22). The van der Waals surface area contributed by atoms with Crippen LogP contribution in [-0.2, 0) is 11.3 Å². The van der Waals surface area contributed by atoms with E-state index < -0.39 is 0 Å². The smallest absolute Gasteiger partial charge is 0.223 e. The third-order valence-corrected chi connectivity index (χ3v) is 5.78. The van der Waals surface area contributed by atoms with E-state index in [-0.39, 0.29) is 11.8 Å². The fraction of sp³-hybridized carbons (Fsp3) is 0.737. The maximum absolute atomic E-state index is 12.4. The van der Waals surface area contributed by atoms with Crippen LogP contribution >= 0.6 is 11.3 Å². The summed E-state index contributed by atoms with van der Waals surface area (Å²) in [6.07, 6.45) is 6.93. The molecule has 0 radical (unpaired) electrons. The molecule has 0 spiro atoms. The van der Waals surface area contributed by atoms with Gasteiger partial charge in [-0.1, -0.05) is 33.1 Å². The van der Waals surface area contributed by atoms with Crippen molar-refractivity contribution in [1.29, 1.82) is 0 Å². The molecule has 1 saturated heterocycles. The number of nitrogens with zero attached hydrogens (tertiary/aromatic N) is 1. The van der Waals surface area contributed by atoms with Gasteiger partial charge in [-0.3, -0.25) is 9.69 Å². The molecule has 2 heterocycles. The molecule has 4 heteroatoms. The van der Waals surface area contributed by atoms with Gasteiger partial charge in [-0.25, -0.2) is 0 Å². The van der Waals surface area contributed by atoms with Gasteiger partial charge in [0.15, 0.2) is 0 Å². The van der Waals surface area contributed by atoms with Crippen molar-refractivity contribution in [3.05, 3.63) is 22.4 Å². The quantitative estimate of drug-likeness (QED) is 0.729. The van der Waals surface area contributed by atoms with Crippen molar-refractivity contribution in [2.75, 3.05) is 19.6 Å². The van der Waals surface area contributed by atoms with Gasteiger partial charge in [0.2, 0.25) is 5.91 Å². The predicted molar refractivity (Wildman–Crippen MR) is 98.6 cm³/mol. The summed E-state index contributed by atoms with van der Waals surface area (Å²) in [6.45, 7) is 8.45. The highest BCUT2D eigenvalue weighted by molar-refractivity contribution is 7.07. The van der Waals surface area contributed by atoms with Gasteiger partial charge in [-0.15, -0.1) is 0 Å². The van der Waals surface area contributed by atoms with Gasteiger partial charge in [0, 0.05) is 19.0 Å². The Bertz CT molecular complexity index is 438. The molecule has 1 fully saturated rings. The Balaban J connectivity index is 1.66. The molecule has 1 amide bonds. The van der Waals surface area contributed by atoms with Crippen molar-refractivity contribution in [3.63, 3.8) is 0 Å². The van der Waals surface area contributed by atoms with Gasteiger partial charge >= 0.3 is 0 Å². The van der Waals surface area contributed by atoms with Gasteiger partial charge in [0.05, 0.1) is 0 Å². The van der Waals surface area contributed by atoms with Crippen LogP contribution in [0, 0.1) is 11.8 Å². The minimum absolute atomic E-state index is 0.220. The van der Waals surface area contributed by atoms with Crippen LogP contribution in [0.2, 0.25) is 0 Å². The van der Waals surface area contributed by atoms with Crippen LogP contribution in [0.3, 0.4) is 0 Å². The second kappa shape index (κ2) is 10.1. The molecule has 0 bridgehead atoms. The van der Waals surface area contributed by atoms with Crippen LogP contribution in [0.15, 0.2) is 16.8 Å². The first-order valence-electron chi connectivity index (χ1n) is 9.24. The topological polar surface area (TPSA) is 32.3 Å². The van der Waals surface area contributed by atoms with E-state index in [4.69, 9.17) is 0 Å². The molecule has 3 nitrogen and oxygen atoms in total. The predicted octanol–water partition coefficient (Wildman–Crippen LogP) is 4.29. The highest BCUT2D eigenvalue weighted by Crippen LogP contribution is 2.20. The van der Waals surface area contributed by atoms with E-state index in [9.17, 15) is 4.79 Å². The Morgan fingerprint density at radius 1 is 1.39 bits per heavy atom. The monoisotopic (exact) mass is 336 g/mol. The third kappa shape index (κ3) is 6.27. The van der Waals surface area contributed by atoms with E-state index in [1.807, 2.05) is 0 Å². The number of likely N-dealkylation sites (tertiary alicyclic amines) is 1. The van der Waals surface area contributed by atoms with Gasteiger partial charge in [-0.05, 0) is 60.7 Å². The number of thiophene rings is 1. The average Bonchev–Trinajstić information content (AvgIpc) is 3.08. The molecule has 23 heavy (non-hydrogen) atoms. The maximum atomic E-state index is 12.4. The Morgan fingerprint density at radius 2 is 2.17 bits per heavy atom. The highest BCUT2D eigenvalue weighted by Gasteiger charge is 2.25. The summed E-state index contributed by atoms with van der Waals surface area (Å²) in [5, 5.41) is 7.58. The highest BCUT2D eigenvalue weighted by atomic mass is 32.1. The van der Waals surface area contributed by atoms with E-state index in [1.165, 1.54) is 31.2 Å². The van der Waals surface area contributed by atoms with E-state index in [0.29, 0.717) is 5.92 Å². The van der Waals surface area contributed by atoms with E-state index >= 15 is 0 Å². The van der Waals surface area contributed by atoms with Crippen LogP contribution in [0.1, 0.15) is 57.9 Å². The van der Waals surface area contributed by atoms with Crippen LogP contribution in [0.4, 0.5) is 0 Å².